The molecule has 1 fully saturated rings. The van der Waals surface area contributed by atoms with Crippen molar-refractivity contribution in [2.24, 2.45) is 5.92 Å². The zero-order valence-corrected chi connectivity index (χ0v) is 10.8. The van der Waals surface area contributed by atoms with Crippen molar-refractivity contribution in [3.05, 3.63) is 0 Å². The van der Waals surface area contributed by atoms with Crippen LogP contribution in [0.25, 0.3) is 0 Å². The maximum atomic E-state index is 3.48. The zero-order valence-electron chi connectivity index (χ0n) is 10.8. The van der Waals surface area contributed by atoms with Crippen molar-refractivity contribution in [2.75, 3.05) is 26.7 Å². The van der Waals surface area contributed by atoms with Crippen molar-refractivity contribution in [2.45, 2.75) is 52.0 Å². The van der Waals surface area contributed by atoms with Crippen molar-refractivity contribution in [1.82, 2.24) is 10.2 Å². The minimum absolute atomic E-state index is 0.674. The van der Waals surface area contributed by atoms with E-state index < -0.39 is 0 Å². The predicted molar refractivity (Wildman–Crippen MR) is 67.2 cm³/mol. The highest BCUT2D eigenvalue weighted by Crippen LogP contribution is 2.13. The summed E-state index contributed by atoms with van der Waals surface area (Å²) in [5.74, 6) is 0.790. The van der Waals surface area contributed by atoms with Crippen LogP contribution in [0.1, 0.15) is 46.0 Å². The predicted octanol–water partition coefficient (Wildman–Crippen LogP) is 2.50. The van der Waals surface area contributed by atoms with E-state index in [-0.39, 0.29) is 0 Å². The number of hydrogen-bond donors (Lipinski definition) is 1. The number of likely N-dealkylation sites (N-methyl/N-ethyl adjacent to an activating group) is 1. The molecule has 1 N–H and O–H groups in total. The van der Waals surface area contributed by atoms with Crippen LogP contribution in [0.15, 0.2) is 0 Å². The monoisotopic (exact) mass is 212 g/mol. The molecule has 0 aromatic heterocycles. The Morgan fingerprint density at radius 1 is 1.13 bits per heavy atom. The Morgan fingerprint density at radius 3 is 2.20 bits per heavy atom. The van der Waals surface area contributed by atoms with Gasteiger partial charge in [0.25, 0.3) is 0 Å². The Labute approximate surface area is 95.4 Å². The Bertz CT molecular complexity index is 151. The van der Waals surface area contributed by atoms with Crippen molar-refractivity contribution in [3.63, 3.8) is 0 Å². The van der Waals surface area contributed by atoms with Crippen LogP contribution < -0.4 is 5.32 Å². The number of rotatable bonds is 5. The molecule has 2 atom stereocenters. The average Bonchev–Trinajstić information content (AvgIpc) is 2.53. The van der Waals surface area contributed by atoms with Gasteiger partial charge in [-0.05, 0) is 38.9 Å². The van der Waals surface area contributed by atoms with Gasteiger partial charge in [0.1, 0.15) is 0 Å². The summed E-state index contributed by atoms with van der Waals surface area (Å²) in [4.78, 5) is 2.65. The minimum atomic E-state index is 0.674. The Hall–Kier alpha value is -0.0800. The van der Waals surface area contributed by atoms with E-state index in [2.05, 4.69) is 31.1 Å². The molecule has 0 spiro atoms. The third-order valence-corrected chi connectivity index (χ3v) is 3.86. The van der Waals surface area contributed by atoms with E-state index in [9.17, 15) is 0 Å². The average molecular weight is 212 g/mol. The number of likely N-dealkylation sites (tertiary alicyclic amines) is 1. The van der Waals surface area contributed by atoms with Gasteiger partial charge in [0.2, 0.25) is 0 Å². The highest BCUT2D eigenvalue weighted by Gasteiger charge is 2.18. The van der Waals surface area contributed by atoms with Gasteiger partial charge in [0, 0.05) is 12.6 Å². The van der Waals surface area contributed by atoms with E-state index in [1.54, 1.807) is 0 Å². The summed E-state index contributed by atoms with van der Waals surface area (Å²) >= 11 is 0. The molecule has 2 nitrogen and oxygen atoms in total. The van der Waals surface area contributed by atoms with Gasteiger partial charge in [-0.2, -0.15) is 0 Å². The van der Waals surface area contributed by atoms with Gasteiger partial charge in [-0.25, -0.2) is 0 Å². The molecule has 15 heavy (non-hydrogen) atoms. The lowest BCUT2D eigenvalue weighted by Gasteiger charge is -2.29. The zero-order chi connectivity index (χ0) is 11.1. The largest absolute Gasteiger partial charge is 0.315 e. The molecule has 2 unspecified atom stereocenters. The first-order valence-corrected chi connectivity index (χ1v) is 6.67. The lowest BCUT2D eigenvalue weighted by atomic mass is 9.99. The summed E-state index contributed by atoms with van der Waals surface area (Å²) in [6.07, 6.45) is 6.95. The summed E-state index contributed by atoms with van der Waals surface area (Å²) in [6.45, 7) is 8.52. The van der Waals surface area contributed by atoms with Crippen LogP contribution in [-0.4, -0.2) is 37.6 Å². The molecule has 0 saturated carbocycles. The van der Waals surface area contributed by atoms with Gasteiger partial charge in [0.15, 0.2) is 0 Å². The molecular weight excluding hydrogens is 184 g/mol. The first-order chi connectivity index (χ1) is 7.27. The van der Waals surface area contributed by atoms with Crippen LogP contribution >= 0.6 is 0 Å². The third-order valence-electron chi connectivity index (χ3n) is 3.86. The van der Waals surface area contributed by atoms with E-state index >= 15 is 0 Å². The van der Waals surface area contributed by atoms with Crippen LogP contribution in [-0.2, 0) is 0 Å². The molecule has 0 aromatic rings. The summed E-state index contributed by atoms with van der Waals surface area (Å²) in [6, 6.07) is 0.674. The van der Waals surface area contributed by atoms with Crippen molar-refractivity contribution < 1.29 is 0 Å². The maximum Gasteiger partial charge on any atom is 0.0217 e. The number of nitrogens with zero attached hydrogens (tertiary/aromatic N) is 1. The standard InChI is InChI=1S/C13H28N2/c1-4-12(2)13(14-3)11-15-9-7-5-6-8-10-15/h12-14H,4-11H2,1-3H3. The summed E-state index contributed by atoms with van der Waals surface area (Å²) in [5, 5.41) is 3.48. The lowest BCUT2D eigenvalue weighted by Crippen LogP contribution is -2.43. The Morgan fingerprint density at radius 2 is 1.73 bits per heavy atom. The molecule has 2 heteroatoms. The molecule has 1 saturated heterocycles. The fraction of sp³-hybridized carbons (Fsp3) is 1.00. The lowest BCUT2D eigenvalue weighted by molar-refractivity contribution is 0.222. The molecule has 0 bridgehead atoms. The van der Waals surface area contributed by atoms with Gasteiger partial charge < -0.3 is 10.2 Å². The van der Waals surface area contributed by atoms with E-state index in [4.69, 9.17) is 0 Å². The normalized spacial score (nSPS) is 23.4. The maximum absolute atomic E-state index is 3.48. The van der Waals surface area contributed by atoms with Crippen LogP contribution in [0.4, 0.5) is 0 Å². The van der Waals surface area contributed by atoms with Crippen molar-refractivity contribution in [3.8, 4) is 0 Å². The number of hydrogen-bond acceptors (Lipinski definition) is 2. The summed E-state index contributed by atoms with van der Waals surface area (Å²) in [7, 11) is 2.11. The first kappa shape index (κ1) is 13.0. The Balaban J connectivity index is 2.35. The first-order valence-electron chi connectivity index (χ1n) is 6.67. The smallest absolute Gasteiger partial charge is 0.0217 e. The topological polar surface area (TPSA) is 15.3 Å². The summed E-state index contributed by atoms with van der Waals surface area (Å²) in [5.41, 5.74) is 0. The molecule has 0 aliphatic carbocycles. The molecule has 90 valence electrons. The van der Waals surface area contributed by atoms with Crippen LogP contribution in [0, 0.1) is 5.92 Å². The van der Waals surface area contributed by atoms with Gasteiger partial charge in [0.05, 0.1) is 0 Å². The van der Waals surface area contributed by atoms with Crippen molar-refractivity contribution in [1.29, 1.82) is 0 Å². The fourth-order valence-corrected chi connectivity index (χ4v) is 2.44. The van der Waals surface area contributed by atoms with E-state index in [0.717, 1.165) is 5.92 Å². The molecule has 0 amide bonds. The fourth-order valence-electron chi connectivity index (χ4n) is 2.44. The highest BCUT2D eigenvalue weighted by molar-refractivity contribution is 4.76. The highest BCUT2D eigenvalue weighted by atomic mass is 15.1. The summed E-state index contributed by atoms with van der Waals surface area (Å²) < 4.78 is 0. The molecule has 1 aliphatic heterocycles. The van der Waals surface area contributed by atoms with Gasteiger partial charge >= 0.3 is 0 Å². The molecule has 1 aliphatic rings. The third kappa shape index (κ3) is 4.52. The van der Waals surface area contributed by atoms with Crippen LogP contribution in [0.2, 0.25) is 0 Å². The molecule has 0 radical (unpaired) electrons. The molecular formula is C13H28N2. The van der Waals surface area contributed by atoms with Gasteiger partial charge in [-0.1, -0.05) is 33.1 Å². The molecule has 1 rings (SSSR count). The van der Waals surface area contributed by atoms with Gasteiger partial charge in [-0.3, -0.25) is 0 Å². The van der Waals surface area contributed by atoms with Gasteiger partial charge in [-0.15, -0.1) is 0 Å². The number of nitrogens with one attached hydrogen (secondary N) is 1. The van der Waals surface area contributed by atoms with Crippen molar-refractivity contribution >= 4 is 0 Å². The molecule has 1 heterocycles. The molecule has 0 aromatic carbocycles. The van der Waals surface area contributed by atoms with Crippen LogP contribution in [0.5, 0.6) is 0 Å². The van der Waals surface area contributed by atoms with E-state index in [0.29, 0.717) is 6.04 Å². The van der Waals surface area contributed by atoms with E-state index in [1.165, 1.54) is 51.7 Å². The SMILES string of the molecule is CCC(C)C(CN1CCCCCC1)NC. The second-order valence-electron chi connectivity index (χ2n) is 5.00. The quantitative estimate of drug-likeness (QED) is 0.753. The second-order valence-corrected chi connectivity index (χ2v) is 5.00. The Kier molecular flexibility index (Phi) is 6.26. The second kappa shape index (κ2) is 7.24. The van der Waals surface area contributed by atoms with E-state index in [1.807, 2.05) is 0 Å². The minimum Gasteiger partial charge on any atom is -0.315 e. The van der Waals surface area contributed by atoms with Crippen LogP contribution in [0.3, 0.4) is 0 Å².